The molecule has 3 saturated carbocycles. The van der Waals surface area contributed by atoms with Gasteiger partial charge in [-0.1, -0.05) is 40.0 Å². The van der Waals surface area contributed by atoms with E-state index in [-0.39, 0.29) is 5.60 Å². The van der Waals surface area contributed by atoms with Gasteiger partial charge in [0, 0.05) is 0 Å². The molecule has 3 aliphatic rings. The minimum atomic E-state index is -0.320. The molecule has 0 aliphatic heterocycles. The normalized spacial score (nSPS) is 47.3. The van der Waals surface area contributed by atoms with E-state index in [1.807, 2.05) is 0 Å². The Kier molecular flexibility index (Phi) is 2.47. The molecular weight excluding hydrogens is 208 g/mol. The molecule has 0 aromatic rings. The number of aliphatic hydroxyl groups is 1. The van der Waals surface area contributed by atoms with Crippen molar-refractivity contribution >= 4 is 0 Å². The number of hydrogen-bond donors (Lipinski definition) is 1. The van der Waals surface area contributed by atoms with Crippen LogP contribution in [0.1, 0.15) is 72.1 Å². The first-order chi connectivity index (χ1) is 7.90. The van der Waals surface area contributed by atoms with E-state index in [2.05, 4.69) is 20.8 Å². The van der Waals surface area contributed by atoms with Crippen molar-refractivity contribution < 1.29 is 5.11 Å². The summed E-state index contributed by atoms with van der Waals surface area (Å²) in [5, 5.41) is 11.1. The van der Waals surface area contributed by atoms with Gasteiger partial charge in [0.2, 0.25) is 0 Å². The van der Waals surface area contributed by atoms with Crippen LogP contribution in [0, 0.1) is 22.7 Å². The summed E-state index contributed by atoms with van der Waals surface area (Å²) in [6, 6.07) is 0. The van der Waals surface area contributed by atoms with Gasteiger partial charge >= 0.3 is 0 Å². The van der Waals surface area contributed by atoms with E-state index < -0.39 is 0 Å². The average molecular weight is 236 g/mol. The molecule has 2 bridgehead atoms. The predicted octanol–water partition coefficient (Wildman–Crippen LogP) is 4.14. The summed E-state index contributed by atoms with van der Waals surface area (Å²) in [6.07, 6.45) is 9.99. The summed E-state index contributed by atoms with van der Waals surface area (Å²) in [5.41, 5.74) is 0.522. The summed E-state index contributed by atoms with van der Waals surface area (Å²) in [4.78, 5) is 0. The zero-order chi connectivity index (χ0) is 12.3. The predicted molar refractivity (Wildman–Crippen MR) is 70.8 cm³/mol. The molecule has 3 rings (SSSR count). The second kappa shape index (κ2) is 3.50. The smallest absolute Gasteiger partial charge is 0.0681 e. The number of rotatable bonds is 1. The molecule has 0 aromatic carbocycles. The second-order valence-corrected chi connectivity index (χ2v) is 7.83. The van der Waals surface area contributed by atoms with Crippen LogP contribution in [0.25, 0.3) is 0 Å². The highest BCUT2D eigenvalue weighted by Gasteiger charge is 2.65. The molecule has 3 unspecified atom stereocenters. The highest BCUT2D eigenvalue weighted by Crippen LogP contribution is 2.71. The van der Waals surface area contributed by atoms with Crippen molar-refractivity contribution in [2.24, 2.45) is 22.7 Å². The van der Waals surface area contributed by atoms with Crippen molar-refractivity contribution in [3.63, 3.8) is 0 Å². The first-order valence-corrected chi connectivity index (χ1v) is 7.63. The Bertz CT molecular complexity index is 313. The fourth-order valence-electron chi connectivity index (χ4n) is 5.53. The van der Waals surface area contributed by atoms with Gasteiger partial charge in [-0.2, -0.15) is 0 Å². The molecular formula is C16H28O. The highest BCUT2D eigenvalue weighted by molar-refractivity contribution is 5.14. The lowest BCUT2D eigenvalue weighted by Crippen LogP contribution is -2.48. The third-order valence-electron chi connectivity index (χ3n) is 7.16. The maximum Gasteiger partial charge on any atom is 0.0681 e. The zero-order valence-corrected chi connectivity index (χ0v) is 11.8. The molecule has 98 valence electrons. The molecule has 1 heteroatoms. The van der Waals surface area contributed by atoms with Crippen LogP contribution in [-0.4, -0.2) is 10.7 Å². The van der Waals surface area contributed by atoms with Crippen LogP contribution in [-0.2, 0) is 0 Å². The van der Waals surface area contributed by atoms with E-state index in [1.54, 1.807) is 0 Å². The number of fused-ring (bicyclic) bond motifs is 2. The largest absolute Gasteiger partial charge is 0.390 e. The quantitative estimate of drug-likeness (QED) is 0.725. The Balaban J connectivity index is 1.91. The van der Waals surface area contributed by atoms with Crippen LogP contribution >= 0.6 is 0 Å². The third kappa shape index (κ3) is 1.41. The van der Waals surface area contributed by atoms with E-state index in [4.69, 9.17) is 0 Å². The molecule has 0 heterocycles. The Labute approximate surface area is 106 Å². The van der Waals surface area contributed by atoms with Gasteiger partial charge in [-0.25, -0.2) is 0 Å². The van der Waals surface area contributed by atoms with Crippen LogP contribution in [0.5, 0.6) is 0 Å². The molecule has 1 N–H and O–H groups in total. The van der Waals surface area contributed by atoms with E-state index in [0.717, 1.165) is 18.8 Å². The van der Waals surface area contributed by atoms with Crippen LogP contribution in [0.4, 0.5) is 0 Å². The van der Waals surface area contributed by atoms with Crippen molar-refractivity contribution in [1.82, 2.24) is 0 Å². The van der Waals surface area contributed by atoms with Crippen LogP contribution in [0.15, 0.2) is 0 Å². The number of hydrogen-bond acceptors (Lipinski definition) is 1. The zero-order valence-electron chi connectivity index (χ0n) is 11.8. The molecule has 0 radical (unpaired) electrons. The Morgan fingerprint density at radius 1 is 0.941 bits per heavy atom. The summed E-state index contributed by atoms with van der Waals surface area (Å²) in [6.45, 7) is 7.38. The van der Waals surface area contributed by atoms with E-state index in [9.17, 15) is 5.11 Å². The van der Waals surface area contributed by atoms with Crippen molar-refractivity contribution in [3.8, 4) is 0 Å². The Morgan fingerprint density at radius 3 is 2.06 bits per heavy atom. The van der Waals surface area contributed by atoms with Gasteiger partial charge in [-0.3, -0.25) is 0 Å². The van der Waals surface area contributed by atoms with Gasteiger partial charge in [0.15, 0.2) is 0 Å². The minimum absolute atomic E-state index is 0.320. The fraction of sp³-hybridized carbons (Fsp3) is 1.00. The molecule has 1 nitrogen and oxygen atoms in total. The first-order valence-electron chi connectivity index (χ1n) is 7.63. The minimum Gasteiger partial charge on any atom is -0.390 e. The van der Waals surface area contributed by atoms with Gasteiger partial charge in [-0.05, 0) is 54.8 Å². The standard InChI is InChI=1S/C16H28O/c1-14(2)12-7-10-15(14,3)13(11-12)16(17)8-5-4-6-9-16/h12-13,17H,4-11H2,1-3H3. The molecule has 3 atom stereocenters. The summed E-state index contributed by atoms with van der Waals surface area (Å²) >= 11 is 0. The molecule has 0 spiro atoms. The second-order valence-electron chi connectivity index (χ2n) is 7.83. The Morgan fingerprint density at radius 2 is 1.59 bits per heavy atom. The summed E-state index contributed by atoms with van der Waals surface area (Å²) in [5.74, 6) is 1.44. The topological polar surface area (TPSA) is 20.2 Å². The molecule has 0 aromatic heterocycles. The van der Waals surface area contributed by atoms with E-state index in [0.29, 0.717) is 16.7 Å². The SMILES string of the molecule is CC1(C)C2CCC1(C)C(C1(O)CCCCC1)C2. The molecule has 3 aliphatic carbocycles. The highest BCUT2D eigenvalue weighted by atomic mass is 16.3. The van der Waals surface area contributed by atoms with Crippen molar-refractivity contribution in [3.05, 3.63) is 0 Å². The summed E-state index contributed by atoms with van der Waals surface area (Å²) < 4.78 is 0. The van der Waals surface area contributed by atoms with Gasteiger partial charge in [0.25, 0.3) is 0 Å². The first kappa shape index (κ1) is 12.0. The summed E-state index contributed by atoms with van der Waals surface area (Å²) in [7, 11) is 0. The maximum absolute atomic E-state index is 11.1. The molecule has 17 heavy (non-hydrogen) atoms. The lowest BCUT2D eigenvalue weighted by atomic mass is 9.59. The monoisotopic (exact) mass is 236 g/mol. The van der Waals surface area contributed by atoms with Crippen molar-refractivity contribution in [1.29, 1.82) is 0 Å². The van der Waals surface area contributed by atoms with Crippen molar-refractivity contribution in [2.45, 2.75) is 77.7 Å². The third-order valence-corrected chi connectivity index (χ3v) is 7.16. The van der Waals surface area contributed by atoms with E-state index in [1.165, 1.54) is 38.5 Å². The van der Waals surface area contributed by atoms with Gasteiger partial charge in [0.05, 0.1) is 5.60 Å². The van der Waals surface area contributed by atoms with E-state index >= 15 is 0 Å². The molecule has 0 saturated heterocycles. The van der Waals surface area contributed by atoms with Crippen LogP contribution < -0.4 is 0 Å². The lowest BCUT2D eigenvalue weighted by Gasteiger charge is -2.48. The van der Waals surface area contributed by atoms with Gasteiger partial charge < -0.3 is 5.11 Å². The maximum atomic E-state index is 11.1. The molecule has 3 fully saturated rings. The fourth-order valence-corrected chi connectivity index (χ4v) is 5.53. The van der Waals surface area contributed by atoms with Gasteiger partial charge in [0.1, 0.15) is 0 Å². The lowest BCUT2D eigenvalue weighted by molar-refractivity contribution is -0.102. The molecule has 0 amide bonds. The van der Waals surface area contributed by atoms with Crippen LogP contribution in [0.3, 0.4) is 0 Å². The van der Waals surface area contributed by atoms with Crippen LogP contribution in [0.2, 0.25) is 0 Å². The Hall–Kier alpha value is -0.0400. The van der Waals surface area contributed by atoms with Crippen molar-refractivity contribution in [2.75, 3.05) is 0 Å². The average Bonchev–Trinajstić information content (AvgIpc) is 2.62. The van der Waals surface area contributed by atoms with Gasteiger partial charge in [-0.15, -0.1) is 0 Å².